The van der Waals surface area contributed by atoms with Gasteiger partial charge in [-0.15, -0.1) is 0 Å². The van der Waals surface area contributed by atoms with Crippen molar-refractivity contribution >= 4 is 38.6 Å². The highest BCUT2D eigenvalue weighted by Crippen LogP contribution is 2.51. The Labute approximate surface area is 317 Å². The molecule has 256 valence electrons. The van der Waals surface area contributed by atoms with Crippen LogP contribution < -0.4 is 4.90 Å². The van der Waals surface area contributed by atoms with Crippen molar-refractivity contribution in [3.8, 4) is 44.5 Å². The second kappa shape index (κ2) is 12.8. The largest absolute Gasteiger partial charge is 0.310 e. The summed E-state index contributed by atoms with van der Waals surface area (Å²) in [4.78, 5) is 2.46. The summed E-state index contributed by atoms with van der Waals surface area (Å²) in [6.07, 6.45) is 0. The summed E-state index contributed by atoms with van der Waals surface area (Å²) in [5, 5.41) is 5.00. The lowest BCUT2D eigenvalue weighted by Crippen LogP contribution is -2.16. The molecule has 0 amide bonds. The van der Waals surface area contributed by atoms with Gasteiger partial charge in [0.25, 0.3) is 0 Å². The smallest absolute Gasteiger partial charge is 0.0540 e. The number of benzene rings is 9. The van der Waals surface area contributed by atoms with Gasteiger partial charge in [-0.1, -0.05) is 184 Å². The Hall–Kier alpha value is -6.70. The molecule has 9 aromatic rings. The van der Waals surface area contributed by atoms with Crippen LogP contribution in [0.15, 0.2) is 200 Å². The van der Waals surface area contributed by atoms with E-state index in [4.69, 9.17) is 0 Å². The van der Waals surface area contributed by atoms with Crippen LogP contribution in [-0.2, 0) is 5.41 Å². The number of nitrogens with zero attached hydrogens (tertiary/aromatic N) is 1. The van der Waals surface area contributed by atoms with Crippen molar-refractivity contribution in [1.29, 1.82) is 0 Å². The van der Waals surface area contributed by atoms with Crippen molar-refractivity contribution in [3.63, 3.8) is 0 Å². The zero-order valence-corrected chi connectivity index (χ0v) is 30.5. The zero-order valence-electron chi connectivity index (χ0n) is 30.5. The third kappa shape index (κ3) is 5.16. The van der Waals surface area contributed by atoms with Crippen LogP contribution in [-0.4, -0.2) is 0 Å². The van der Waals surface area contributed by atoms with Gasteiger partial charge in [0.15, 0.2) is 0 Å². The first-order chi connectivity index (χ1) is 26.6. The van der Waals surface area contributed by atoms with Crippen LogP contribution in [0.4, 0.5) is 17.1 Å². The molecule has 1 heteroatoms. The molecule has 10 rings (SSSR count). The summed E-state index contributed by atoms with van der Waals surface area (Å²) >= 11 is 0. The van der Waals surface area contributed by atoms with Crippen LogP contribution in [0.2, 0.25) is 0 Å². The van der Waals surface area contributed by atoms with Crippen molar-refractivity contribution in [2.45, 2.75) is 19.3 Å². The molecule has 9 aromatic carbocycles. The highest BCUT2D eigenvalue weighted by atomic mass is 15.1. The van der Waals surface area contributed by atoms with Crippen molar-refractivity contribution in [3.05, 3.63) is 211 Å². The number of hydrogen-bond donors (Lipinski definition) is 0. The third-order valence-corrected chi connectivity index (χ3v) is 11.5. The molecule has 0 atom stereocenters. The molecule has 0 fully saturated rings. The molecule has 0 radical (unpaired) electrons. The molecule has 0 aliphatic heterocycles. The summed E-state index contributed by atoms with van der Waals surface area (Å²) in [5.41, 5.74) is 16.0. The van der Waals surface area contributed by atoms with Crippen LogP contribution in [0.5, 0.6) is 0 Å². The molecular formula is C53H39N. The maximum atomic E-state index is 2.46. The van der Waals surface area contributed by atoms with E-state index in [9.17, 15) is 0 Å². The number of anilines is 3. The van der Waals surface area contributed by atoms with Crippen molar-refractivity contribution in [1.82, 2.24) is 0 Å². The second-order valence-corrected chi connectivity index (χ2v) is 14.9. The highest BCUT2D eigenvalue weighted by molar-refractivity contribution is 6.07. The molecule has 0 aromatic heterocycles. The van der Waals surface area contributed by atoms with E-state index in [1.54, 1.807) is 0 Å². The molecule has 54 heavy (non-hydrogen) atoms. The topological polar surface area (TPSA) is 3.24 Å². The lowest BCUT2D eigenvalue weighted by Gasteiger charge is -2.30. The molecule has 0 spiro atoms. The Morgan fingerprint density at radius 2 is 0.889 bits per heavy atom. The van der Waals surface area contributed by atoms with Gasteiger partial charge in [-0.3, -0.25) is 0 Å². The first-order valence-electron chi connectivity index (χ1n) is 18.9. The summed E-state index contributed by atoms with van der Waals surface area (Å²) in [7, 11) is 0. The van der Waals surface area contributed by atoms with Crippen molar-refractivity contribution in [2.24, 2.45) is 0 Å². The molecule has 0 bridgehead atoms. The van der Waals surface area contributed by atoms with Gasteiger partial charge in [0.2, 0.25) is 0 Å². The van der Waals surface area contributed by atoms with E-state index in [1.165, 1.54) is 77.2 Å². The normalized spacial score (nSPS) is 12.8. The van der Waals surface area contributed by atoms with E-state index in [0.29, 0.717) is 0 Å². The summed E-state index contributed by atoms with van der Waals surface area (Å²) in [5.74, 6) is 0. The molecule has 1 aliphatic carbocycles. The van der Waals surface area contributed by atoms with Gasteiger partial charge in [-0.2, -0.15) is 0 Å². The zero-order chi connectivity index (χ0) is 36.2. The van der Waals surface area contributed by atoms with Gasteiger partial charge < -0.3 is 4.90 Å². The van der Waals surface area contributed by atoms with E-state index in [-0.39, 0.29) is 5.41 Å². The van der Waals surface area contributed by atoms with E-state index < -0.39 is 0 Å². The minimum Gasteiger partial charge on any atom is -0.310 e. The van der Waals surface area contributed by atoms with Gasteiger partial charge in [0.05, 0.1) is 5.69 Å². The Morgan fingerprint density at radius 3 is 1.67 bits per heavy atom. The first kappa shape index (κ1) is 32.0. The SMILES string of the molecule is CC1(C)c2ccccc2-c2ccc(N(c3ccc(-c4cccc5cccc(-c6ccccc6)c45)cc3)c3ccccc3-c3cccc4ccccc34)cc21. The lowest BCUT2D eigenvalue weighted by molar-refractivity contribution is 0.660. The Balaban J connectivity index is 1.16. The summed E-state index contributed by atoms with van der Waals surface area (Å²) in [6, 6.07) is 73.4. The Bertz CT molecular complexity index is 2830. The molecule has 0 N–H and O–H groups in total. The minimum absolute atomic E-state index is 0.114. The molecular weight excluding hydrogens is 651 g/mol. The molecule has 1 aliphatic rings. The van der Waals surface area contributed by atoms with Crippen LogP contribution in [0.25, 0.3) is 66.1 Å². The summed E-state index contributed by atoms with van der Waals surface area (Å²) in [6.45, 7) is 4.72. The number of fused-ring (bicyclic) bond motifs is 5. The van der Waals surface area contributed by atoms with E-state index in [1.807, 2.05) is 0 Å². The van der Waals surface area contributed by atoms with Gasteiger partial charge in [0, 0.05) is 22.4 Å². The Kier molecular flexibility index (Phi) is 7.56. The molecule has 0 heterocycles. The monoisotopic (exact) mass is 689 g/mol. The van der Waals surface area contributed by atoms with E-state index >= 15 is 0 Å². The quantitative estimate of drug-likeness (QED) is 0.168. The summed E-state index contributed by atoms with van der Waals surface area (Å²) < 4.78 is 0. The fourth-order valence-corrected chi connectivity index (χ4v) is 8.85. The van der Waals surface area contributed by atoms with Crippen molar-refractivity contribution < 1.29 is 0 Å². The number of hydrogen-bond acceptors (Lipinski definition) is 1. The van der Waals surface area contributed by atoms with E-state index in [0.717, 1.165) is 17.1 Å². The molecule has 0 unspecified atom stereocenters. The van der Waals surface area contributed by atoms with Gasteiger partial charge in [-0.25, -0.2) is 0 Å². The van der Waals surface area contributed by atoms with Crippen molar-refractivity contribution in [2.75, 3.05) is 4.90 Å². The molecule has 1 nitrogen and oxygen atoms in total. The lowest BCUT2D eigenvalue weighted by atomic mass is 9.82. The number of para-hydroxylation sites is 1. The fourth-order valence-electron chi connectivity index (χ4n) is 8.85. The van der Waals surface area contributed by atoms with Gasteiger partial charge >= 0.3 is 0 Å². The standard InChI is InChI=1S/C53H39N/c1-53(2)49-27-10-8-22-46(49)47-34-33-41(35-50(47)53)54(51-28-11-9-23-48(51)45-26-12-18-36-17-6-7-21-42(36)45)40-31-29-38(30-32-40)44-25-14-20-39-19-13-24-43(52(39)44)37-15-4-3-5-16-37/h3-35H,1-2H3. The first-order valence-corrected chi connectivity index (χ1v) is 18.9. The van der Waals surface area contributed by atoms with Crippen LogP contribution in [0.3, 0.4) is 0 Å². The highest BCUT2D eigenvalue weighted by Gasteiger charge is 2.36. The van der Waals surface area contributed by atoms with Crippen LogP contribution in [0, 0.1) is 0 Å². The minimum atomic E-state index is -0.114. The third-order valence-electron chi connectivity index (χ3n) is 11.5. The van der Waals surface area contributed by atoms with Crippen LogP contribution in [0.1, 0.15) is 25.0 Å². The Morgan fingerprint density at radius 1 is 0.352 bits per heavy atom. The van der Waals surface area contributed by atoms with Crippen LogP contribution >= 0.6 is 0 Å². The number of rotatable bonds is 6. The fraction of sp³-hybridized carbons (Fsp3) is 0.0566. The molecule has 0 saturated carbocycles. The predicted molar refractivity (Wildman–Crippen MR) is 230 cm³/mol. The second-order valence-electron chi connectivity index (χ2n) is 14.9. The predicted octanol–water partition coefficient (Wildman–Crippen LogP) is 14.8. The van der Waals surface area contributed by atoms with Gasteiger partial charge in [0.1, 0.15) is 0 Å². The molecule has 0 saturated heterocycles. The average Bonchev–Trinajstić information content (AvgIpc) is 3.46. The average molecular weight is 690 g/mol. The maximum absolute atomic E-state index is 2.46. The maximum Gasteiger partial charge on any atom is 0.0540 e. The van der Waals surface area contributed by atoms with E-state index in [2.05, 4.69) is 219 Å². The van der Waals surface area contributed by atoms with Gasteiger partial charge in [-0.05, 0) is 102 Å².